The van der Waals surface area contributed by atoms with Crippen molar-refractivity contribution in [3.63, 3.8) is 0 Å². The van der Waals surface area contributed by atoms with Crippen LogP contribution in [0.25, 0.3) is 0 Å². The van der Waals surface area contributed by atoms with Crippen LogP contribution in [-0.2, 0) is 0 Å². The molecular weight excluding hydrogens is 757 g/mol. The van der Waals surface area contributed by atoms with E-state index in [0.29, 0.717) is 5.92 Å². The zero-order chi connectivity index (χ0) is 64.0. The molecule has 0 heterocycles. The molecule has 0 N–H and O–H groups in total. The molecule has 1 atom stereocenters. The summed E-state index contributed by atoms with van der Waals surface area (Å²) >= 11 is 0. The van der Waals surface area contributed by atoms with Crippen LogP contribution in [0.2, 0.25) is 0 Å². The van der Waals surface area contributed by atoms with Crippen molar-refractivity contribution in [2.75, 3.05) is 0 Å². The number of hydrogen-bond donors (Lipinski definition) is 0. The summed E-state index contributed by atoms with van der Waals surface area (Å²) < 4.78 is 86.6. The molecule has 63 heavy (non-hydrogen) atoms. The quantitative estimate of drug-likeness (QED) is 0.163. The van der Waals surface area contributed by atoms with Gasteiger partial charge in [-0.25, -0.2) is 0 Å². The Bertz CT molecular complexity index is 1010. The number of rotatable bonds is 14. The first-order chi connectivity index (χ1) is 32.9. The minimum Gasteiger partial charge on any atom is -0.0656 e. The molecule has 1 unspecified atom stereocenters. The van der Waals surface area contributed by atoms with E-state index < -0.39 is 38.3 Å². The smallest absolute Gasteiger partial charge is 0.0302 e. The van der Waals surface area contributed by atoms with Crippen molar-refractivity contribution >= 4 is 0 Å². The molecule has 0 aromatic carbocycles. The predicted molar refractivity (Wildman–Crippen MR) is 313 cm³/mol. The Labute approximate surface area is 430 Å². The summed E-state index contributed by atoms with van der Waals surface area (Å²) in [6.07, 6.45) is 6.27. The molecule has 0 aliphatic carbocycles. The molecular formula is C63H148. The van der Waals surface area contributed by atoms with Crippen molar-refractivity contribution in [2.24, 2.45) is 94.6 Å². The lowest BCUT2D eigenvalue weighted by Crippen LogP contribution is -2.04. The molecule has 0 rings (SSSR count). The molecule has 400 valence electrons. The molecule has 0 heteroatoms. The lowest BCUT2D eigenvalue weighted by Gasteiger charge is -2.15. The highest BCUT2D eigenvalue weighted by Gasteiger charge is 2.06. The highest BCUT2D eigenvalue weighted by Crippen LogP contribution is 2.17. The molecule has 0 saturated heterocycles. The third-order valence-electron chi connectivity index (χ3n) is 8.62. The molecule has 0 aliphatic heterocycles. The summed E-state index contributed by atoms with van der Waals surface area (Å²) in [6.45, 7) is 70.2. The summed E-state index contributed by atoms with van der Waals surface area (Å²) in [5.74, 6) is 5.56. The van der Waals surface area contributed by atoms with Gasteiger partial charge in [-0.15, -0.1) is 0 Å². The topological polar surface area (TPSA) is 0 Å². The van der Waals surface area contributed by atoms with Gasteiger partial charge in [0, 0.05) is 16.4 Å². The summed E-state index contributed by atoms with van der Waals surface area (Å²) in [6, 6.07) is 0. The van der Waals surface area contributed by atoms with E-state index in [0.717, 1.165) is 60.2 Å². The predicted octanol–water partition coefficient (Wildman–Crippen LogP) is 25.0. The van der Waals surface area contributed by atoms with Crippen molar-refractivity contribution in [1.82, 2.24) is 0 Å². The highest BCUT2D eigenvalue weighted by molar-refractivity contribution is 4.57. The van der Waals surface area contributed by atoms with E-state index in [1.54, 1.807) is 27.7 Å². The van der Waals surface area contributed by atoms with E-state index in [2.05, 4.69) is 173 Å². The van der Waals surface area contributed by atoms with Crippen molar-refractivity contribution < 1.29 is 16.4 Å². The van der Waals surface area contributed by atoms with Gasteiger partial charge in [-0.1, -0.05) is 308 Å². The van der Waals surface area contributed by atoms with Gasteiger partial charge in [0.1, 0.15) is 0 Å². The maximum atomic E-state index is 7.74. The molecule has 0 spiro atoms. The van der Waals surface area contributed by atoms with Crippen molar-refractivity contribution in [1.29, 1.82) is 0 Å². The molecule has 0 nitrogen and oxygen atoms in total. The minimum absolute atomic E-state index is 0.123. The fraction of sp³-hybridized carbons (Fsp3) is 1.00. The van der Waals surface area contributed by atoms with Gasteiger partial charge in [0.25, 0.3) is 0 Å². The molecule has 0 saturated carbocycles. The second-order valence-corrected chi connectivity index (χ2v) is 22.4. The van der Waals surface area contributed by atoms with Gasteiger partial charge < -0.3 is 0 Å². The Kier molecular flexibility index (Phi) is 66.6. The van der Waals surface area contributed by atoms with Crippen molar-refractivity contribution in [3.05, 3.63) is 0 Å². The first-order valence-electron chi connectivity index (χ1n) is 32.9. The van der Waals surface area contributed by atoms with Gasteiger partial charge in [-0.2, -0.15) is 0 Å². The molecule has 0 radical (unpaired) electrons. The van der Waals surface area contributed by atoms with E-state index in [1.165, 1.54) is 44.9 Å². The second kappa shape index (κ2) is 71.0. The average molecular weight is 918 g/mol. The first kappa shape index (κ1) is 59.1. The van der Waals surface area contributed by atoms with Crippen LogP contribution in [0.15, 0.2) is 0 Å². The Morgan fingerprint density at radius 1 is 0.365 bits per heavy atom. The zero-order valence-electron chi connectivity index (χ0n) is 64.0. The number of hydrogen-bond acceptors (Lipinski definition) is 0. The summed E-state index contributed by atoms with van der Waals surface area (Å²) in [4.78, 5) is 0. The van der Waals surface area contributed by atoms with Crippen LogP contribution in [0.3, 0.4) is 0 Å². The van der Waals surface area contributed by atoms with E-state index >= 15 is 0 Å². The van der Waals surface area contributed by atoms with Crippen LogP contribution in [0, 0.1) is 94.6 Å². The van der Waals surface area contributed by atoms with Crippen LogP contribution in [-0.4, -0.2) is 0 Å². The zero-order valence-corrected chi connectivity index (χ0v) is 52.0. The van der Waals surface area contributed by atoms with Gasteiger partial charge in [-0.3, -0.25) is 0 Å². The largest absolute Gasteiger partial charge is 0.0656 e. The Morgan fingerprint density at radius 2 is 0.651 bits per heavy atom. The summed E-state index contributed by atoms with van der Waals surface area (Å²) in [5, 5.41) is 0. The van der Waals surface area contributed by atoms with Gasteiger partial charge in [0.15, 0.2) is 0 Å². The molecule has 0 aliphatic rings. The fourth-order valence-corrected chi connectivity index (χ4v) is 3.71. The third kappa shape index (κ3) is 182. The molecule has 0 amide bonds. The van der Waals surface area contributed by atoms with Crippen LogP contribution >= 0.6 is 0 Å². The molecule has 0 bridgehead atoms. The van der Waals surface area contributed by atoms with Crippen molar-refractivity contribution in [3.8, 4) is 0 Å². The van der Waals surface area contributed by atoms with Crippen LogP contribution in [0.5, 0.6) is 0 Å². The van der Waals surface area contributed by atoms with E-state index in [-0.39, 0.29) is 23.6 Å². The maximum Gasteiger partial charge on any atom is 0.0302 e. The SMILES string of the molecule is CC(C)C.CC(C)C(C)C.CC(C)CC(C)C.CCC.CCC(C)C.CCC(CC)C(C)C.CCCC(C)C.[2H]C(C)(C)C(C)C.[2H]C([2H])(C(C)C)C(C)C.[2H]C([2H])([2H])C(C)C.[2H]C([2H])([2H])C([2H])(C(C)C)C([2H])([2H])C. The van der Waals surface area contributed by atoms with Crippen LogP contribution in [0.4, 0.5) is 0 Å². The summed E-state index contributed by atoms with van der Waals surface area (Å²) in [5.41, 5.74) is 0. The molecule has 0 fully saturated rings. The van der Waals surface area contributed by atoms with E-state index in [9.17, 15) is 0 Å². The molecule has 0 aromatic heterocycles. The lowest BCUT2D eigenvalue weighted by molar-refractivity contribution is 0.362. The minimum atomic E-state index is -2.60. The van der Waals surface area contributed by atoms with Crippen LogP contribution < -0.4 is 0 Å². The monoisotopic (exact) mass is 917 g/mol. The van der Waals surface area contributed by atoms with E-state index in [4.69, 9.17) is 16.4 Å². The van der Waals surface area contributed by atoms with Crippen LogP contribution in [0.1, 0.15) is 337 Å². The Hall–Kier alpha value is 0. The average Bonchev–Trinajstić information content (AvgIpc) is 3.17. The second-order valence-electron chi connectivity index (χ2n) is 22.4. The maximum absolute atomic E-state index is 7.74. The highest BCUT2D eigenvalue weighted by atomic mass is 14.1. The van der Waals surface area contributed by atoms with Gasteiger partial charge in [0.2, 0.25) is 0 Å². The van der Waals surface area contributed by atoms with Gasteiger partial charge in [0.05, 0.1) is 0 Å². The standard InChI is InChI=1S/C8H18.3C7H16.3C6H14.C5H12.2C4H10.C3H8/c1-5-8(6-2)7(3)4;2*1-6(2)5-7(3)4;1-5-7(4)6(2)3;2*1-5(2)6(3)4;1-4-5-6(2)3;1-4-5(2)3;2*1-4(2)3;1-3-2/h7-8H,5-6H2,1-4H3;3*6-7H,5H2,1-4H3;2*5-6H,1-4H3;6H,4-5H2,1-3H3;5H,4H2,1-3H3;2*4H,1-3H3;3H2,1-2H3/i;5D2;;4D3,5D2,7D;5D;;;;1D3;;. The fourth-order valence-electron chi connectivity index (χ4n) is 3.71. The summed E-state index contributed by atoms with van der Waals surface area (Å²) in [7, 11) is 0. The van der Waals surface area contributed by atoms with Gasteiger partial charge >= 0.3 is 0 Å². The van der Waals surface area contributed by atoms with Crippen molar-refractivity contribution in [2.45, 2.75) is 321 Å². The first-order valence-corrected chi connectivity index (χ1v) is 26.9. The normalized spacial score (nSPS) is 15.1. The van der Waals surface area contributed by atoms with Gasteiger partial charge in [-0.05, 0) is 107 Å². The molecule has 0 aromatic rings. The Morgan fingerprint density at radius 3 is 0.651 bits per heavy atom. The lowest BCUT2D eigenvalue weighted by atomic mass is 9.91. The third-order valence-corrected chi connectivity index (χ3v) is 8.62. The Balaban J connectivity index is -0.0000000680. The van der Waals surface area contributed by atoms with E-state index in [1.807, 2.05) is 41.5 Å².